The van der Waals surface area contributed by atoms with Crippen LogP contribution in [0.2, 0.25) is 0 Å². The molecule has 0 aromatic carbocycles. The van der Waals surface area contributed by atoms with E-state index >= 15 is 0 Å². The van der Waals surface area contributed by atoms with Crippen LogP contribution in [0.4, 0.5) is 0 Å². The number of carbonyl (C=O) groups is 2. The van der Waals surface area contributed by atoms with Crippen molar-refractivity contribution in [1.82, 2.24) is 0 Å². The second kappa shape index (κ2) is 8.17. The van der Waals surface area contributed by atoms with E-state index in [1.165, 1.54) is 0 Å². The molecule has 0 aliphatic heterocycles. The number of aliphatic carboxylic acids is 1. The van der Waals surface area contributed by atoms with Crippen LogP contribution in [-0.4, -0.2) is 23.4 Å². The number of nitrogens with two attached hydrogens (primary N) is 1. The van der Waals surface area contributed by atoms with E-state index in [-0.39, 0.29) is 18.7 Å². The molecular weight excluding hydrogens is 194 g/mol. The van der Waals surface area contributed by atoms with Crippen LogP contribution in [0.15, 0.2) is 12.2 Å². The zero-order valence-corrected chi connectivity index (χ0v) is 9.11. The number of allylic oxidation sites excluding steroid dienone is 1. The van der Waals surface area contributed by atoms with E-state index < -0.39 is 11.9 Å². The quantitative estimate of drug-likeness (QED) is 0.471. The van der Waals surface area contributed by atoms with Gasteiger partial charge in [0.25, 0.3) is 0 Å². The first-order valence-electron chi connectivity index (χ1n) is 5.23. The van der Waals surface area contributed by atoms with E-state index in [2.05, 4.69) is 6.92 Å². The standard InChI is InChI=1S/C11H19NO3/c1-2-3-4-5-6-9(11(14)15)7-10(13)8-12/h5-6,9H,2-4,7-8,12H2,1H3,(H,14,15). The minimum atomic E-state index is -0.968. The van der Waals surface area contributed by atoms with Crippen molar-refractivity contribution in [3.8, 4) is 0 Å². The average Bonchev–Trinajstić information content (AvgIpc) is 2.21. The molecule has 15 heavy (non-hydrogen) atoms. The summed E-state index contributed by atoms with van der Waals surface area (Å²) in [7, 11) is 0. The van der Waals surface area contributed by atoms with Crippen molar-refractivity contribution >= 4 is 11.8 Å². The van der Waals surface area contributed by atoms with Crippen molar-refractivity contribution in [2.24, 2.45) is 11.7 Å². The molecule has 0 fully saturated rings. The van der Waals surface area contributed by atoms with Gasteiger partial charge < -0.3 is 10.8 Å². The lowest BCUT2D eigenvalue weighted by Gasteiger charge is -2.05. The molecule has 0 radical (unpaired) electrons. The molecule has 0 amide bonds. The largest absolute Gasteiger partial charge is 0.481 e. The predicted octanol–water partition coefficient (Wildman–Crippen LogP) is 1.35. The Bertz CT molecular complexity index is 236. The Morgan fingerprint density at radius 3 is 2.60 bits per heavy atom. The Kier molecular flexibility index (Phi) is 7.54. The molecule has 0 aromatic rings. The van der Waals surface area contributed by atoms with Crippen LogP contribution in [0.3, 0.4) is 0 Å². The lowest BCUT2D eigenvalue weighted by Crippen LogP contribution is -2.21. The minimum Gasteiger partial charge on any atom is -0.481 e. The van der Waals surface area contributed by atoms with Gasteiger partial charge in [-0.2, -0.15) is 0 Å². The van der Waals surface area contributed by atoms with Crippen LogP contribution < -0.4 is 5.73 Å². The molecule has 3 N–H and O–H groups in total. The van der Waals surface area contributed by atoms with Gasteiger partial charge in [-0.05, 0) is 6.42 Å². The maximum absolute atomic E-state index is 11.0. The highest BCUT2D eigenvalue weighted by atomic mass is 16.4. The Labute approximate surface area is 90.2 Å². The molecule has 1 atom stereocenters. The lowest BCUT2D eigenvalue weighted by molar-refractivity contribution is -0.141. The van der Waals surface area contributed by atoms with Crippen LogP contribution in [-0.2, 0) is 9.59 Å². The smallest absolute Gasteiger partial charge is 0.310 e. The molecule has 0 rings (SSSR count). The van der Waals surface area contributed by atoms with E-state index in [4.69, 9.17) is 10.8 Å². The Morgan fingerprint density at radius 1 is 1.47 bits per heavy atom. The van der Waals surface area contributed by atoms with Crippen molar-refractivity contribution in [2.75, 3.05) is 6.54 Å². The minimum absolute atomic E-state index is 0.00550. The zero-order valence-electron chi connectivity index (χ0n) is 9.11. The zero-order chi connectivity index (χ0) is 11.7. The molecule has 0 aliphatic carbocycles. The van der Waals surface area contributed by atoms with Crippen LogP contribution in [0, 0.1) is 5.92 Å². The Morgan fingerprint density at radius 2 is 2.13 bits per heavy atom. The topological polar surface area (TPSA) is 80.4 Å². The molecule has 1 unspecified atom stereocenters. The summed E-state index contributed by atoms with van der Waals surface area (Å²) in [6.07, 6.45) is 6.38. The molecule has 0 bridgehead atoms. The van der Waals surface area contributed by atoms with Gasteiger partial charge in [0.1, 0.15) is 5.78 Å². The summed E-state index contributed by atoms with van der Waals surface area (Å²) in [5, 5.41) is 8.83. The molecule has 0 spiro atoms. The second-order valence-electron chi connectivity index (χ2n) is 3.46. The number of Topliss-reactive ketones (excluding diaryl/α,β-unsaturated/α-hetero) is 1. The maximum atomic E-state index is 11.0. The first kappa shape index (κ1) is 13.8. The fourth-order valence-electron chi connectivity index (χ4n) is 1.15. The van der Waals surface area contributed by atoms with Gasteiger partial charge in [0.2, 0.25) is 0 Å². The average molecular weight is 213 g/mol. The van der Waals surface area contributed by atoms with Gasteiger partial charge >= 0.3 is 5.97 Å². The first-order valence-corrected chi connectivity index (χ1v) is 5.23. The Hall–Kier alpha value is -1.16. The van der Waals surface area contributed by atoms with Gasteiger partial charge in [-0.25, -0.2) is 0 Å². The predicted molar refractivity (Wildman–Crippen MR) is 58.5 cm³/mol. The number of hydrogen-bond acceptors (Lipinski definition) is 3. The molecule has 0 saturated carbocycles. The summed E-state index contributed by atoms with van der Waals surface area (Å²) < 4.78 is 0. The fraction of sp³-hybridized carbons (Fsp3) is 0.636. The van der Waals surface area contributed by atoms with Crippen LogP contribution in [0.25, 0.3) is 0 Å². The maximum Gasteiger partial charge on any atom is 0.310 e. The molecule has 0 aliphatic rings. The Balaban J connectivity index is 4.10. The van der Waals surface area contributed by atoms with Crippen molar-refractivity contribution in [2.45, 2.75) is 32.6 Å². The van der Waals surface area contributed by atoms with E-state index in [0.717, 1.165) is 19.3 Å². The molecular formula is C11H19NO3. The number of carbonyl (C=O) groups excluding carboxylic acids is 1. The summed E-state index contributed by atoms with van der Waals surface area (Å²) in [6.45, 7) is 1.98. The monoisotopic (exact) mass is 213 g/mol. The number of rotatable bonds is 8. The molecule has 0 heterocycles. The van der Waals surface area contributed by atoms with Gasteiger partial charge in [-0.3, -0.25) is 9.59 Å². The van der Waals surface area contributed by atoms with Crippen LogP contribution in [0.1, 0.15) is 32.6 Å². The fourth-order valence-corrected chi connectivity index (χ4v) is 1.15. The number of carboxylic acids is 1. The van der Waals surface area contributed by atoms with Crippen molar-refractivity contribution in [1.29, 1.82) is 0 Å². The molecule has 0 aromatic heterocycles. The van der Waals surface area contributed by atoms with Crippen molar-refractivity contribution in [3.05, 3.63) is 12.2 Å². The van der Waals surface area contributed by atoms with Crippen LogP contribution in [0.5, 0.6) is 0 Å². The highest BCUT2D eigenvalue weighted by Crippen LogP contribution is 2.07. The normalized spacial score (nSPS) is 12.9. The van der Waals surface area contributed by atoms with Crippen LogP contribution >= 0.6 is 0 Å². The van der Waals surface area contributed by atoms with E-state index in [1.54, 1.807) is 6.08 Å². The van der Waals surface area contributed by atoms with Gasteiger partial charge in [-0.15, -0.1) is 0 Å². The van der Waals surface area contributed by atoms with E-state index in [9.17, 15) is 9.59 Å². The summed E-state index contributed by atoms with van der Waals surface area (Å²) in [6, 6.07) is 0. The van der Waals surface area contributed by atoms with Crippen molar-refractivity contribution < 1.29 is 14.7 Å². The molecule has 86 valence electrons. The number of unbranched alkanes of at least 4 members (excludes halogenated alkanes) is 2. The summed E-state index contributed by atoms with van der Waals surface area (Å²) in [5.41, 5.74) is 5.13. The number of hydrogen-bond donors (Lipinski definition) is 2. The summed E-state index contributed by atoms with van der Waals surface area (Å²) in [5.74, 6) is -1.91. The number of ketones is 1. The first-order chi connectivity index (χ1) is 7.11. The third kappa shape index (κ3) is 6.85. The third-order valence-corrected chi connectivity index (χ3v) is 2.09. The highest BCUT2D eigenvalue weighted by molar-refractivity contribution is 5.85. The van der Waals surface area contributed by atoms with E-state index in [1.807, 2.05) is 6.08 Å². The summed E-state index contributed by atoms with van der Waals surface area (Å²) >= 11 is 0. The van der Waals surface area contributed by atoms with Crippen molar-refractivity contribution in [3.63, 3.8) is 0 Å². The SMILES string of the molecule is CCCCC=CC(CC(=O)CN)C(=O)O. The molecule has 4 nitrogen and oxygen atoms in total. The molecule has 0 saturated heterocycles. The van der Waals surface area contributed by atoms with Gasteiger partial charge in [0.15, 0.2) is 0 Å². The highest BCUT2D eigenvalue weighted by Gasteiger charge is 2.16. The second-order valence-corrected chi connectivity index (χ2v) is 3.46. The van der Waals surface area contributed by atoms with Gasteiger partial charge in [0, 0.05) is 6.42 Å². The number of carboxylic acid groups (broad SMARTS) is 1. The van der Waals surface area contributed by atoms with E-state index in [0.29, 0.717) is 0 Å². The summed E-state index contributed by atoms with van der Waals surface area (Å²) in [4.78, 5) is 21.8. The lowest BCUT2D eigenvalue weighted by atomic mass is 10.0. The van der Waals surface area contributed by atoms with Gasteiger partial charge in [0.05, 0.1) is 12.5 Å². The molecule has 4 heteroatoms. The third-order valence-electron chi connectivity index (χ3n) is 2.09. The van der Waals surface area contributed by atoms with Gasteiger partial charge in [-0.1, -0.05) is 31.9 Å².